The molecule has 4 rings (SSSR count). The molecule has 0 spiro atoms. The van der Waals surface area contributed by atoms with Crippen LogP contribution in [0.5, 0.6) is 0 Å². The van der Waals surface area contributed by atoms with Crippen molar-refractivity contribution in [3.63, 3.8) is 0 Å². The van der Waals surface area contributed by atoms with E-state index in [1.807, 2.05) is 18.2 Å². The summed E-state index contributed by atoms with van der Waals surface area (Å²) >= 11 is 0. The summed E-state index contributed by atoms with van der Waals surface area (Å²) in [6, 6.07) is 5.72. The molecule has 1 saturated heterocycles. The highest BCUT2D eigenvalue weighted by molar-refractivity contribution is 5.99. The van der Waals surface area contributed by atoms with Gasteiger partial charge >= 0.3 is 0 Å². The number of anilines is 1. The number of aromatic nitrogens is 1. The number of hydrogen-bond donors (Lipinski definition) is 1. The Kier molecular flexibility index (Phi) is 3.77. The van der Waals surface area contributed by atoms with E-state index in [0.29, 0.717) is 5.56 Å². The van der Waals surface area contributed by atoms with E-state index in [1.165, 1.54) is 12.8 Å². The molecular weight excluding hydrogens is 290 g/mol. The molecule has 2 aromatic rings. The van der Waals surface area contributed by atoms with Crippen molar-refractivity contribution in [1.82, 2.24) is 10.3 Å². The standard InChI is InChI=1S/C18H21N3O2/c22-18(20-15-6-3-7-16-13(15)8-12-23-16)14-5-4-9-19-17(14)21-10-1-2-11-21/h4-5,8-9,12,15H,1-3,6-7,10-11H2,(H,20,22). The number of carbonyl (C=O) groups excluding carboxylic acids is 1. The van der Waals surface area contributed by atoms with Crippen LogP contribution in [0.1, 0.15) is 53.4 Å². The van der Waals surface area contributed by atoms with Crippen LogP contribution < -0.4 is 10.2 Å². The lowest BCUT2D eigenvalue weighted by Gasteiger charge is -2.24. The molecule has 2 aliphatic rings. The number of nitrogens with zero attached hydrogens (tertiary/aromatic N) is 2. The highest BCUT2D eigenvalue weighted by Gasteiger charge is 2.26. The lowest BCUT2D eigenvalue weighted by molar-refractivity contribution is 0.0932. The first-order valence-electron chi connectivity index (χ1n) is 8.40. The van der Waals surface area contributed by atoms with Gasteiger partial charge in [-0.15, -0.1) is 0 Å². The second-order valence-electron chi connectivity index (χ2n) is 6.29. The van der Waals surface area contributed by atoms with Crippen LogP contribution in [0, 0.1) is 0 Å². The van der Waals surface area contributed by atoms with E-state index in [0.717, 1.165) is 49.5 Å². The Morgan fingerprint density at radius 2 is 2.13 bits per heavy atom. The largest absolute Gasteiger partial charge is 0.469 e. The number of nitrogens with one attached hydrogen (secondary N) is 1. The highest BCUT2D eigenvalue weighted by atomic mass is 16.3. The molecule has 1 amide bonds. The Bertz CT molecular complexity index is 704. The van der Waals surface area contributed by atoms with Crippen molar-refractivity contribution in [2.75, 3.05) is 18.0 Å². The predicted octanol–water partition coefficient (Wildman–Crippen LogP) is 3.08. The minimum atomic E-state index is -0.0425. The van der Waals surface area contributed by atoms with Crippen LogP contribution in [0.2, 0.25) is 0 Å². The molecule has 2 aromatic heterocycles. The number of aryl methyl sites for hydroxylation is 1. The fourth-order valence-corrected chi connectivity index (χ4v) is 3.63. The summed E-state index contributed by atoms with van der Waals surface area (Å²) in [5.41, 5.74) is 1.79. The van der Waals surface area contributed by atoms with Crippen molar-refractivity contribution in [3.8, 4) is 0 Å². The number of amides is 1. The molecule has 5 nitrogen and oxygen atoms in total. The van der Waals surface area contributed by atoms with Crippen LogP contribution >= 0.6 is 0 Å². The van der Waals surface area contributed by atoms with Crippen LogP contribution in [-0.2, 0) is 6.42 Å². The number of pyridine rings is 1. The maximum absolute atomic E-state index is 12.8. The third kappa shape index (κ3) is 2.71. The van der Waals surface area contributed by atoms with Gasteiger partial charge in [-0.3, -0.25) is 4.79 Å². The topological polar surface area (TPSA) is 58.4 Å². The van der Waals surface area contributed by atoms with Gasteiger partial charge in [-0.1, -0.05) is 0 Å². The van der Waals surface area contributed by atoms with Crippen LogP contribution in [-0.4, -0.2) is 24.0 Å². The first kappa shape index (κ1) is 14.3. The molecule has 120 valence electrons. The molecular formula is C18H21N3O2. The van der Waals surface area contributed by atoms with Gasteiger partial charge in [-0.2, -0.15) is 0 Å². The zero-order valence-corrected chi connectivity index (χ0v) is 13.1. The van der Waals surface area contributed by atoms with Gasteiger partial charge in [0.1, 0.15) is 11.6 Å². The first-order valence-corrected chi connectivity index (χ1v) is 8.40. The van der Waals surface area contributed by atoms with Crippen LogP contribution in [0.4, 0.5) is 5.82 Å². The van der Waals surface area contributed by atoms with Gasteiger partial charge in [0.05, 0.1) is 17.9 Å². The average Bonchev–Trinajstić information content (AvgIpc) is 3.27. The first-order chi connectivity index (χ1) is 11.3. The van der Waals surface area contributed by atoms with Gasteiger partial charge in [0.2, 0.25) is 0 Å². The van der Waals surface area contributed by atoms with Gasteiger partial charge in [0, 0.05) is 31.3 Å². The zero-order valence-electron chi connectivity index (χ0n) is 13.1. The van der Waals surface area contributed by atoms with E-state index in [-0.39, 0.29) is 11.9 Å². The Morgan fingerprint density at radius 3 is 3.00 bits per heavy atom. The van der Waals surface area contributed by atoms with Crippen molar-refractivity contribution in [2.45, 2.75) is 38.1 Å². The SMILES string of the molecule is O=C(NC1CCCc2occc21)c1cccnc1N1CCCC1. The molecule has 1 aliphatic heterocycles. The van der Waals surface area contributed by atoms with Crippen molar-refractivity contribution >= 4 is 11.7 Å². The number of hydrogen-bond acceptors (Lipinski definition) is 4. The average molecular weight is 311 g/mol. The predicted molar refractivity (Wildman–Crippen MR) is 87.5 cm³/mol. The molecule has 0 radical (unpaired) electrons. The van der Waals surface area contributed by atoms with Crippen molar-refractivity contribution in [1.29, 1.82) is 0 Å². The summed E-state index contributed by atoms with van der Waals surface area (Å²) in [5.74, 6) is 1.78. The highest BCUT2D eigenvalue weighted by Crippen LogP contribution is 2.31. The summed E-state index contributed by atoms with van der Waals surface area (Å²) in [6.45, 7) is 1.96. The van der Waals surface area contributed by atoms with Crippen LogP contribution in [0.3, 0.4) is 0 Å². The quantitative estimate of drug-likeness (QED) is 0.946. The van der Waals surface area contributed by atoms with E-state index in [9.17, 15) is 4.79 Å². The molecule has 0 bridgehead atoms. The molecule has 23 heavy (non-hydrogen) atoms. The van der Waals surface area contributed by atoms with Gasteiger partial charge in [-0.05, 0) is 43.9 Å². The number of fused-ring (bicyclic) bond motifs is 1. The van der Waals surface area contributed by atoms with Gasteiger partial charge in [0.25, 0.3) is 5.91 Å². The number of furan rings is 1. The Balaban J connectivity index is 1.57. The lowest BCUT2D eigenvalue weighted by atomic mass is 9.93. The van der Waals surface area contributed by atoms with E-state index in [4.69, 9.17) is 4.42 Å². The molecule has 1 atom stereocenters. The molecule has 0 aromatic carbocycles. The Labute approximate surface area is 135 Å². The van der Waals surface area contributed by atoms with Gasteiger partial charge in [-0.25, -0.2) is 4.98 Å². The summed E-state index contributed by atoms with van der Waals surface area (Å²) in [6.07, 6.45) is 8.76. The second kappa shape index (κ2) is 6.07. The number of carbonyl (C=O) groups is 1. The summed E-state index contributed by atoms with van der Waals surface area (Å²) in [7, 11) is 0. The minimum Gasteiger partial charge on any atom is -0.469 e. The van der Waals surface area contributed by atoms with Crippen LogP contribution in [0.25, 0.3) is 0 Å². The summed E-state index contributed by atoms with van der Waals surface area (Å²) in [5, 5.41) is 3.18. The molecule has 5 heteroatoms. The van der Waals surface area contributed by atoms with Crippen molar-refractivity contribution in [2.24, 2.45) is 0 Å². The van der Waals surface area contributed by atoms with E-state index >= 15 is 0 Å². The summed E-state index contributed by atoms with van der Waals surface area (Å²) in [4.78, 5) is 19.5. The molecule has 3 heterocycles. The molecule has 1 N–H and O–H groups in total. The molecule has 0 saturated carbocycles. The van der Waals surface area contributed by atoms with Gasteiger partial charge in [0.15, 0.2) is 0 Å². The maximum Gasteiger partial charge on any atom is 0.255 e. The van der Waals surface area contributed by atoms with Crippen LogP contribution in [0.15, 0.2) is 35.1 Å². The summed E-state index contributed by atoms with van der Waals surface area (Å²) < 4.78 is 5.51. The normalized spacial score (nSPS) is 20.3. The van der Waals surface area contributed by atoms with Crippen molar-refractivity contribution in [3.05, 3.63) is 47.5 Å². The third-order valence-electron chi connectivity index (χ3n) is 4.79. The molecule has 1 unspecified atom stereocenters. The maximum atomic E-state index is 12.8. The number of rotatable bonds is 3. The molecule has 1 fully saturated rings. The lowest BCUT2D eigenvalue weighted by Crippen LogP contribution is -2.32. The fourth-order valence-electron chi connectivity index (χ4n) is 3.63. The third-order valence-corrected chi connectivity index (χ3v) is 4.79. The molecule has 1 aliphatic carbocycles. The van der Waals surface area contributed by atoms with E-state index in [1.54, 1.807) is 12.5 Å². The monoisotopic (exact) mass is 311 g/mol. The second-order valence-corrected chi connectivity index (χ2v) is 6.29. The van der Waals surface area contributed by atoms with Gasteiger partial charge < -0.3 is 14.6 Å². The smallest absolute Gasteiger partial charge is 0.255 e. The Morgan fingerprint density at radius 1 is 1.26 bits per heavy atom. The Hall–Kier alpha value is -2.30. The fraction of sp³-hybridized carbons (Fsp3) is 0.444. The minimum absolute atomic E-state index is 0.0386. The van der Waals surface area contributed by atoms with E-state index < -0.39 is 0 Å². The van der Waals surface area contributed by atoms with E-state index in [2.05, 4.69) is 15.2 Å². The van der Waals surface area contributed by atoms with Crippen molar-refractivity contribution < 1.29 is 9.21 Å². The zero-order chi connectivity index (χ0) is 15.6.